The quantitative estimate of drug-likeness (QED) is 0.382. The summed E-state index contributed by atoms with van der Waals surface area (Å²) in [6, 6.07) is 9.81. The van der Waals surface area contributed by atoms with Crippen LogP contribution in [-0.2, 0) is 11.3 Å². The van der Waals surface area contributed by atoms with Crippen molar-refractivity contribution < 1.29 is 9.53 Å². The Labute approximate surface area is 133 Å². The monoisotopic (exact) mass is 302 g/mol. The molecule has 0 aromatic heterocycles. The maximum absolute atomic E-state index is 11.4. The van der Waals surface area contributed by atoms with E-state index in [1.807, 2.05) is 31.2 Å². The molecule has 0 fully saturated rings. The Morgan fingerprint density at radius 2 is 1.91 bits per heavy atom. The lowest BCUT2D eigenvalue weighted by Gasteiger charge is -2.07. The second-order valence-electron chi connectivity index (χ2n) is 5.37. The van der Waals surface area contributed by atoms with Crippen molar-refractivity contribution in [3.05, 3.63) is 29.8 Å². The molecule has 120 valence electrons. The number of hydrogen-bond donors (Lipinski definition) is 1. The van der Waals surface area contributed by atoms with Crippen molar-refractivity contribution >= 4 is 5.97 Å². The van der Waals surface area contributed by atoms with Crippen LogP contribution in [0, 0.1) is 11.3 Å². The first-order chi connectivity index (χ1) is 10.8. The minimum atomic E-state index is -0.176. The fourth-order valence-corrected chi connectivity index (χ4v) is 2.10. The Morgan fingerprint density at radius 1 is 1.18 bits per heavy atom. The molecule has 0 heterocycles. The second-order valence-corrected chi connectivity index (χ2v) is 5.37. The molecule has 0 radical (unpaired) electrons. The molecule has 0 aliphatic carbocycles. The van der Waals surface area contributed by atoms with E-state index in [2.05, 4.69) is 11.4 Å². The summed E-state index contributed by atoms with van der Waals surface area (Å²) in [5.41, 5.74) is 1.18. The first-order valence-corrected chi connectivity index (χ1v) is 8.13. The van der Waals surface area contributed by atoms with Gasteiger partial charge in [-0.25, -0.2) is 0 Å². The topological polar surface area (TPSA) is 62.1 Å². The van der Waals surface area contributed by atoms with Gasteiger partial charge in [0.05, 0.1) is 6.07 Å². The summed E-state index contributed by atoms with van der Waals surface area (Å²) in [4.78, 5) is 11.4. The molecule has 0 aliphatic rings. The van der Waals surface area contributed by atoms with E-state index < -0.39 is 0 Å². The molecule has 1 rings (SSSR count). The van der Waals surface area contributed by atoms with Crippen LogP contribution in [0.3, 0.4) is 0 Å². The van der Waals surface area contributed by atoms with E-state index in [0.717, 1.165) is 38.8 Å². The Kier molecular flexibility index (Phi) is 9.73. The Morgan fingerprint density at radius 3 is 2.59 bits per heavy atom. The average molecular weight is 302 g/mol. The fourth-order valence-electron chi connectivity index (χ4n) is 2.10. The molecule has 22 heavy (non-hydrogen) atoms. The molecule has 0 amide bonds. The molecular formula is C18H26N2O2. The largest absolute Gasteiger partial charge is 0.427 e. The number of carbonyl (C=O) groups excluding carboxylic acids is 1. The van der Waals surface area contributed by atoms with Gasteiger partial charge in [-0.1, -0.05) is 31.9 Å². The number of nitriles is 1. The predicted molar refractivity (Wildman–Crippen MR) is 87.4 cm³/mol. The van der Waals surface area contributed by atoms with E-state index in [9.17, 15) is 4.79 Å². The van der Waals surface area contributed by atoms with Crippen molar-refractivity contribution in [1.29, 1.82) is 5.26 Å². The molecule has 1 aromatic carbocycles. The molecule has 0 atom stereocenters. The Bertz CT molecular complexity index is 463. The van der Waals surface area contributed by atoms with E-state index in [0.29, 0.717) is 18.6 Å². The zero-order valence-corrected chi connectivity index (χ0v) is 13.4. The van der Waals surface area contributed by atoms with Gasteiger partial charge in [0.1, 0.15) is 5.75 Å². The standard InChI is InChI=1S/C18H26N2O2/c1-2-8-18(21)22-17-11-9-16(10-12-17)15-20-14-7-5-3-4-6-13-19/h9-12,20H,2-8,14-15H2,1H3. The molecule has 0 bridgehead atoms. The van der Waals surface area contributed by atoms with Gasteiger partial charge in [0.15, 0.2) is 0 Å². The molecule has 0 spiro atoms. The van der Waals surface area contributed by atoms with Gasteiger partial charge in [-0.2, -0.15) is 5.26 Å². The maximum Gasteiger partial charge on any atom is 0.311 e. The molecular weight excluding hydrogens is 276 g/mol. The highest BCUT2D eigenvalue weighted by Gasteiger charge is 2.03. The van der Waals surface area contributed by atoms with E-state index >= 15 is 0 Å². The van der Waals surface area contributed by atoms with Gasteiger partial charge in [0.25, 0.3) is 0 Å². The second kappa shape index (κ2) is 11.8. The van der Waals surface area contributed by atoms with Gasteiger partial charge >= 0.3 is 5.97 Å². The smallest absolute Gasteiger partial charge is 0.311 e. The molecule has 0 saturated heterocycles. The highest BCUT2D eigenvalue weighted by Crippen LogP contribution is 2.13. The van der Waals surface area contributed by atoms with Gasteiger partial charge in [-0.05, 0) is 43.5 Å². The number of nitrogens with one attached hydrogen (secondary N) is 1. The van der Waals surface area contributed by atoms with E-state index in [1.165, 1.54) is 12.0 Å². The van der Waals surface area contributed by atoms with Crippen LogP contribution in [0.4, 0.5) is 0 Å². The number of unbranched alkanes of at least 4 members (excludes halogenated alkanes) is 4. The van der Waals surface area contributed by atoms with Crippen LogP contribution in [0.25, 0.3) is 0 Å². The fraction of sp³-hybridized carbons (Fsp3) is 0.556. The number of hydrogen-bond acceptors (Lipinski definition) is 4. The zero-order valence-electron chi connectivity index (χ0n) is 13.4. The lowest BCUT2D eigenvalue weighted by molar-refractivity contribution is -0.134. The number of nitrogens with zero attached hydrogens (tertiary/aromatic N) is 1. The van der Waals surface area contributed by atoms with E-state index in [-0.39, 0.29) is 5.97 Å². The molecule has 1 aromatic rings. The first kappa shape index (κ1) is 18.2. The lowest BCUT2D eigenvalue weighted by atomic mass is 10.1. The molecule has 1 N–H and O–H groups in total. The number of carbonyl (C=O) groups is 1. The summed E-state index contributed by atoms with van der Waals surface area (Å²) < 4.78 is 5.22. The van der Waals surface area contributed by atoms with Crippen LogP contribution < -0.4 is 10.1 Å². The van der Waals surface area contributed by atoms with Crippen LogP contribution >= 0.6 is 0 Å². The van der Waals surface area contributed by atoms with Gasteiger partial charge in [0.2, 0.25) is 0 Å². The lowest BCUT2D eigenvalue weighted by Crippen LogP contribution is -2.14. The minimum Gasteiger partial charge on any atom is -0.427 e. The van der Waals surface area contributed by atoms with Crippen LogP contribution in [0.1, 0.15) is 57.4 Å². The summed E-state index contributed by atoms with van der Waals surface area (Å²) in [6.07, 6.45) is 6.37. The maximum atomic E-state index is 11.4. The molecule has 0 aliphatic heterocycles. The van der Waals surface area contributed by atoms with Crippen molar-refractivity contribution in [2.24, 2.45) is 0 Å². The number of benzene rings is 1. The van der Waals surface area contributed by atoms with Crippen LogP contribution in [0.15, 0.2) is 24.3 Å². The minimum absolute atomic E-state index is 0.176. The number of esters is 1. The highest BCUT2D eigenvalue weighted by molar-refractivity contribution is 5.72. The average Bonchev–Trinajstić information content (AvgIpc) is 2.52. The molecule has 0 unspecified atom stereocenters. The Balaban J connectivity index is 2.14. The predicted octanol–water partition coefficient (Wildman–Crippen LogP) is 3.96. The molecule has 4 heteroatoms. The molecule has 0 saturated carbocycles. The normalized spacial score (nSPS) is 10.2. The Hall–Kier alpha value is -1.86. The van der Waals surface area contributed by atoms with Crippen molar-refractivity contribution in [3.8, 4) is 11.8 Å². The van der Waals surface area contributed by atoms with Crippen molar-refractivity contribution in [3.63, 3.8) is 0 Å². The van der Waals surface area contributed by atoms with Gasteiger partial charge < -0.3 is 10.1 Å². The number of ether oxygens (including phenoxy) is 1. The van der Waals surface area contributed by atoms with Crippen molar-refractivity contribution in [1.82, 2.24) is 5.32 Å². The van der Waals surface area contributed by atoms with Crippen molar-refractivity contribution in [2.75, 3.05) is 6.54 Å². The first-order valence-electron chi connectivity index (χ1n) is 8.13. The third kappa shape index (κ3) is 8.43. The SMILES string of the molecule is CCCC(=O)Oc1ccc(CNCCCCCCC#N)cc1. The summed E-state index contributed by atoms with van der Waals surface area (Å²) in [5, 5.41) is 11.8. The van der Waals surface area contributed by atoms with E-state index in [1.54, 1.807) is 0 Å². The third-order valence-electron chi connectivity index (χ3n) is 3.33. The summed E-state index contributed by atoms with van der Waals surface area (Å²) >= 11 is 0. The van der Waals surface area contributed by atoms with Gasteiger partial charge in [0, 0.05) is 19.4 Å². The van der Waals surface area contributed by atoms with Gasteiger partial charge in [-0.15, -0.1) is 0 Å². The number of rotatable bonds is 11. The highest BCUT2D eigenvalue weighted by atomic mass is 16.5. The zero-order chi connectivity index (χ0) is 16.0. The third-order valence-corrected chi connectivity index (χ3v) is 3.33. The van der Waals surface area contributed by atoms with E-state index in [4.69, 9.17) is 10.00 Å². The summed E-state index contributed by atoms with van der Waals surface area (Å²) in [7, 11) is 0. The van der Waals surface area contributed by atoms with Crippen LogP contribution in [0.5, 0.6) is 5.75 Å². The van der Waals surface area contributed by atoms with Gasteiger partial charge in [-0.3, -0.25) is 4.79 Å². The summed E-state index contributed by atoms with van der Waals surface area (Å²) in [6.45, 7) is 3.76. The summed E-state index contributed by atoms with van der Waals surface area (Å²) in [5.74, 6) is 0.435. The van der Waals surface area contributed by atoms with Crippen molar-refractivity contribution in [2.45, 2.75) is 58.4 Å². The molecule has 4 nitrogen and oxygen atoms in total. The van der Waals surface area contributed by atoms with Crippen LogP contribution in [-0.4, -0.2) is 12.5 Å². The van der Waals surface area contributed by atoms with Crippen LogP contribution in [0.2, 0.25) is 0 Å².